The van der Waals surface area contributed by atoms with Crippen LogP contribution in [0.5, 0.6) is 0 Å². The maximum atomic E-state index is 12.6. The van der Waals surface area contributed by atoms with Gasteiger partial charge >= 0.3 is 6.03 Å². The minimum Gasteiger partial charge on any atom is -0.379 e. The van der Waals surface area contributed by atoms with E-state index in [0.29, 0.717) is 13.1 Å². The highest BCUT2D eigenvalue weighted by molar-refractivity contribution is 7.99. The number of ether oxygens (including phenoxy) is 1. The average Bonchev–Trinajstić information content (AvgIpc) is 3.41. The fourth-order valence-corrected chi connectivity index (χ4v) is 5.74. The number of carbonyl (C=O) groups excluding carboxylic acids is 2. The summed E-state index contributed by atoms with van der Waals surface area (Å²) in [5.74, 6) is 2.21. The van der Waals surface area contributed by atoms with Crippen molar-refractivity contribution < 1.29 is 14.3 Å². The van der Waals surface area contributed by atoms with Gasteiger partial charge in [-0.2, -0.15) is 11.8 Å². The van der Waals surface area contributed by atoms with Gasteiger partial charge in [0.2, 0.25) is 5.91 Å². The monoisotopic (exact) mass is 445 g/mol. The number of carbonyl (C=O) groups is 2. The zero-order valence-corrected chi connectivity index (χ0v) is 19.0. The Balaban J connectivity index is 1.37. The third-order valence-electron chi connectivity index (χ3n) is 6.18. The quantitative estimate of drug-likeness (QED) is 0.712. The van der Waals surface area contributed by atoms with Gasteiger partial charge in [-0.05, 0) is 36.4 Å². The first-order chi connectivity index (χ1) is 15.0. The maximum absolute atomic E-state index is 12.6. The van der Waals surface area contributed by atoms with Crippen molar-refractivity contribution in [3.8, 4) is 0 Å². The predicted octanol–water partition coefficient (Wildman–Crippen LogP) is 2.06. The van der Waals surface area contributed by atoms with Gasteiger partial charge in [-0.25, -0.2) is 4.79 Å². The normalized spacial score (nSPS) is 21.9. The van der Waals surface area contributed by atoms with Gasteiger partial charge in [0.15, 0.2) is 0 Å². The Morgan fingerprint density at radius 3 is 2.74 bits per heavy atom. The van der Waals surface area contributed by atoms with Crippen LogP contribution in [0.15, 0.2) is 30.5 Å². The lowest BCUT2D eigenvalue weighted by atomic mass is 9.95. The average molecular weight is 446 g/mol. The highest BCUT2D eigenvalue weighted by Crippen LogP contribution is 2.33. The van der Waals surface area contributed by atoms with E-state index >= 15 is 0 Å². The van der Waals surface area contributed by atoms with Crippen molar-refractivity contribution >= 4 is 40.3 Å². The molecule has 2 aliphatic rings. The van der Waals surface area contributed by atoms with Crippen molar-refractivity contribution in [3.05, 3.63) is 30.5 Å². The molecule has 1 aromatic carbocycles. The Kier molecular flexibility index (Phi) is 6.74. The van der Waals surface area contributed by atoms with Gasteiger partial charge in [-0.15, -0.1) is 0 Å². The zero-order valence-electron chi connectivity index (χ0n) is 18.2. The van der Waals surface area contributed by atoms with Crippen LogP contribution in [0.2, 0.25) is 0 Å². The number of anilines is 1. The van der Waals surface area contributed by atoms with Crippen LogP contribution < -0.4 is 10.6 Å². The molecule has 2 aliphatic heterocycles. The summed E-state index contributed by atoms with van der Waals surface area (Å²) in [7, 11) is 3.50. The molecule has 168 valence electrons. The molecule has 1 unspecified atom stereocenters. The molecule has 31 heavy (non-hydrogen) atoms. The van der Waals surface area contributed by atoms with Crippen molar-refractivity contribution in [2.75, 3.05) is 63.8 Å². The summed E-state index contributed by atoms with van der Waals surface area (Å²) in [5.41, 5.74) is 1.73. The van der Waals surface area contributed by atoms with E-state index in [2.05, 4.69) is 15.5 Å². The lowest BCUT2D eigenvalue weighted by molar-refractivity contribution is -0.129. The second kappa shape index (κ2) is 9.50. The third-order valence-corrected chi connectivity index (χ3v) is 7.41. The summed E-state index contributed by atoms with van der Waals surface area (Å²) in [6.07, 6.45) is 2.99. The number of hydrogen-bond donors (Lipinski definition) is 2. The molecular formula is C22H31N5O3S. The maximum Gasteiger partial charge on any atom is 0.319 e. The first-order valence-corrected chi connectivity index (χ1v) is 11.9. The highest BCUT2D eigenvalue weighted by atomic mass is 32.2. The molecule has 3 amide bonds. The molecule has 0 saturated carbocycles. The van der Waals surface area contributed by atoms with Gasteiger partial charge in [0.1, 0.15) is 6.54 Å². The Morgan fingerprint density at radius 1 is 1.23 bits per heavy atom. The first-order valence-electron chi connectivity index (χ1n) is 10.7. The number of urea groups is 1. The van der Waals surface area contributed by atoms with Crippen LogP contribution in [0.25, 0.3) is 10.9 Å². The lowest BCUT2D eigenvalue weighted by Gasteiger charge is -2.43. The number of likely N-dealkylation sites (N-methyl/N-ethyl adjacent to an activating group) is 1. The summed E-state index contributed by atoms with van der Waals surface area (Å²) >= 11 is 1.96. The van der Waals surface area contributed by atoms with Gasteiger partial charge in [0.25, 0.3) is 0 Å². The Hall–Kier alpha value is -2.23. The second-order valence-electron chi connectivity index (χ2n) is 8.44. The molecule has 2 N–H and O–H groups in total. The molecule has 4 rings (SSSR count). The fraction of sp³-hybridized carbons (Fsp3) is 0.545. The molecule has 2 fully saturated rings. The number of morpholine rings is 1. The van der Waals surface area contributed by atoms with Crippen molar-refractivity contribution in [2.24, 2.45) is 0 Å². The van der Waals surface area contributed by atoms with E-state index in [1.165, 1.54) is 0 Å². The molecule has 9 heteroatoms. The van der Waals surface area contributed by atoms with Crippen molar-refractivity contribution in [1.82, 2.24) is 19.7 Å². The van der Waals surface area contributed by atoms with Crippen LogP contribution in [-0.2, 0) is 16.1 Å². The molecule has 3 heterocycles. The number of nitrogens with zero attached hydrogens (tertiary/aromatic N) is 3. The molecule has 0 spiro atoms. The molecule has 1 aromatic heterocycles. The van der Waals surface area contributed by atoms with Crippen LogP contribution >= 0.6 is 11.8 Å². The summed E-state index contributed by atoms with van der Waals surface area (Å²) < 4.78 is 7.43. The first kappa shape index (κ1) is 22.0. The van der Waals surface area contributed by atoms with Crippen molar-refractivity contribution in [1.29, 1.82) is 0 Å². The van der Waals surface area contributed by atoms with Crippen LogP contribution in [0.3, 0.4) is 0 Å². The van der Waals surface area contributed by atoms with E-state index in [-0.39, 0.29) is 17.5 Å². The van der Waals surface area contributed by atoms with E-state index in [1.54, 1.807) is 19.0 Å². The van der Waals surface area contributed by atoms with Crippen LogP contribution in [0, 0.1) is 0 Å². The molecule has 1 atom stereocenters. The highest BCUT2D eigenvalue weighted by Gasteiger charge is 2.40. The lowest BCUT2D eigenvalue weighted by Crippen LogP contribution is -2.59. The number of benzene rings is 1. The van der Waals surface area contributed by atoms with Gasteiger partial charge in [-0.1, -0.05) is 0 Å². The number of thioether (sulfide) groups is 1. The number of amides is 3. The molecular weight excluding hydrogens is 414 g/mol. The number of fused-ring (bicyclic) bond motifs is 1. The van der Waals surface area contributed by atoms with Gasteiger partial charge in [0, 0.05) is 67.8 Å². The summed E-state index contributed by atoms with van der Waals surface area (Å²) in [6.45, 7) is 4.31. The van der Waals surface area contributed by atoms with Crippen LogP contribution in [0.1, 0.15) is 6.42 Å². The van der Waals surface area contributed by atoms with Crippen molar-refractivity contribution in [2.45, 2.75) is 18.5 Å². The largest absolute Gasteiger partial charge is 0.379 e. The molecule has 0 aliphatic carbocycles. The second-order valence-corrected chi connectivity index (χ2v) is 9.54. The minimum absolute atomic E-state index is 0.0198. The number of rotatable bonds is 6. The van der Waals surface area contributed by atoms with Crippen molar-refractivity contribution in [3.63, 3.8) is 0 Å². The van der Waals surface area contributed by atoms with Gasteiger partial charge in [-0.3, -0.25) is 9.69 Å². The van der Waals surface area contributed by atoms with Gasteiger partial charge < -0.3 is 24.8 Å². The summed E-state index contributed by atoms with van der Waals surface area (Å²) in [6, 6.07) is 7.53. The topological polar surface area (TPSA) is 78.8 Å². The van der Waals surface area contributed by atoms with Gasteiger partial charge in [0.05, 0.1) is 13.2 Å². The molecule has 2 saturated heterocycles. The molecule has 8 nitrogen and oxygen atoms in total. The fourth-order valence-electron chi connectivity index (χ4n) is 4.26. The van der Waals surface area contributed by atoms with E-state index in [1.807, 2.05) is 46.8 Å². The SMILES string of the molecule is CN(C)C(=O)Cn1ccc2cc(NC(=O)NCC3(N4CCOCC4)CCSC3)ccc21. The smallest absolute Gasteiger partial charge is 0.319 e. The van der Waals surface area contributed by atoms with Crippen LogP contribution in [0.4, 0.5) is 10.5 Å². The number of hydrogen-bond acceptors (Lipinski definition) is 5. The van der Waals surface area contributed by atoms with E-state index in [9.17, 15) is 9.59 Å². The minimum atomic E-state index is -0.189. The Bertz CT molecular complexity index is 932. The number of nitrogens with one attached hydrogen (secondary N) is 2. The van der Waals surface area contributed by atoms with Crippen LogP contribution in [-0.4, -0.2) is 90.3 Å². The number of aromatic nitrogens is 1. The van der Waals surface area contributed by atoms with E-state index in [4.69, 9.17) is 4.74 Å². The third kappa shape index (κ3) is 4.99. The summed E-state index contributed by atoms with van der Waals surface area (Å²) in [5, 5.41) is 7.05. The molecule has 2 aromatic rings. The Morgan fingerprint density at radius 2 is 2.03 bits per heavy atom. The molecule has 0 bridgehead atoms. The zero-order chi connectivity index (χ0) is 21.8. The Labute approximate surface area is 187 Å². The standard InChI is InChI=1S/C22H31N5O3S/c1-25(2)20(28)14-26-7-5-17-13-18(3-4-19(17)26)24-21(29)23-15-22(6-12-31-16-22)27-8-10-30-11-9-27/h3-5,7,13H,6,8-12,14-16H2,1-2H3,(H2,23,24,29). The molecule has 0 radical (unpaired) electrons. The van der Waals surface area contributed by atoms with E-state index in [0.717, 1.165) is 60.8 Å². The summed E-state index contributed by atoms with van der Waals surface area (Å²) in [4.78, 5) is 28.7. The van der Waals surface area contributed by atoms with E-state index < -0.39 is 0 Å². The predicted molar refractivity (Wildman–Crippen MR) is 125 cm³/mol.